The highest BCUT2D eigenvalue weighted by atomic mass is 16.5. The molecule has 2 saturated heterocycles. The van der Waals surface area contributed by atoms with Crippen LogP contribution >= 0.6 is 0 Å². The molecule has 0 atom stereocenters. The monoisotopic (exact) mass is 318 g/mol. The van der Waals surface area contributed by atoms with Crippen molar-refractivity contribution in [2.45, 2.75) is 6.42 Å². The molecule has 0 radical (unpaired) electrons. The summed E-state index contributed by atoms with van der Waals surface area (Å²) >= 11 is 0. The number of likely N-dealkylation sites (N-methyl/N-ethyl adjacent to an activating group) is 1. The summed E-state index contributed by atoms with van der Waals surface area (Å²) in [5.74, 6) is 0.988. The standard InChI is InChI=1S/C18H30N4O/c1-20-12-14-21(15-13-20)9-2-16-23-18-5-3-17(4-6-18)22-10-7-19-8-11-22/h3-6,19H,2,7-16H2,1H3. The first-order valence-electron chi connectivity index (χ1n) is 8.91. The summed E-state index contributed by atoms with van der Waals surface area (Å²) in [5, 5.41) is 3.39. The Bertz CT molecular complexity index is 451. The molecule has 1 N–H and O–H groups in total. The Morgan fingerprint density at radius 2 is 1.65 bits per heavy atom. The predicted molar refractivity (Wildman–Crippen MR) is 95.6 cm³/mol. The Morgan fingerprint density at radius 1 is 0.957 bits per heavy atom. The molecule has 0 aromatic heterocycles. The van der Waals surface area contributed by atoms with Gasteiger partial charge in [0.25, 0.3) is 0 Å². The average molecular weight is 318 g/mol. The van der Waals surface area contributed by atoms with Crippen molar-refractivity contribution >= 4 is 5.69 Å². The molecule has 0 unspecified atom stereocenters. The lowest BCUT2D eigenvalue weighted by atomic mass is 10.2. The van der Waals surface area contributed by atoms with Crippen LogP contribution in [0.5, 0.6) is 5.75 Å². The number of nitrogens with one attached hydrogen (secondary N) is 1. The number of hydrogen-bond donors (Lipinski definition) is 1. The Hall–Kier alpha value is -1.30. The molecule has 0 aliphatic carbocycles. The van der Waals surface area contributed by atoms with Crippen LogP contribution in [0, 0.1) is 0 Å². The van der Waals surface area contributed by atoms with Gasteiger partial charge in [0, 0.05) is 64.6 Å². The molecule has 23 heavy (non-hydrogen) atoms. The second kappa shape index (κ2) is 8.52. The molecule has 128 valence electrons. The van der Waals surface area contributed by atoms with E-state index in [-0.39, 0.29) is 0 Å². The molecule has 2 heterocycles. The Kier molecular flexibility index (Phi) is 6.13. The van der Waals surface area contributed by atoms with Crippen molar-refractivity contribution in [2.24, 2.45) is 0 Å². The van der Waals surface area contributed by atoms with Crippen molar-refractivity contribution in [3.63, 3.8) is 0 Å². The van der Waals surface area contributed by atoms with Gasteiger partial charge in [0.15, 0.2) is 0 Å². The fourth-order valence-electron chi connectivity index (χ4n) is 3.23. The Balaban J connectivity index is 1.35. The molecule has 2 aliphatic rings. The summed E-state index contributed by atoms with van der Waals surface area (Å²) in [5.41, 5.74) is 1.30. The molecule has 0 bridgehead atoms. The summed E-state index contributed by atoms with van der Waals surface area (Å²) in [7, 11) is 2.20. The highest BCUT2D eigenvalue weighted by Gasteiger charge is 2.13. The van der Waals surface area contributed by atoms with E-state index in [0.717, 1.165) is 51.5 Å². The first-order valence-corrected chi connectivity index (χ1v) is 8.91. The molecule has 5 nitrogen and oxygen atoms in total. The maximum atomic E-state index is 5.89. The lowest BCUT2D eigenvalue weighted by Gasteiger charge is -2.32. The second-order valence-electron chi connectivity index (χ2n) is 6.58. The highest BCUT2D eigenvalue weighted by Crippen LogP contribution is 2.20. The number of hydrogen-bond acceptors (Lipinski definition) is 5. The average Bonchev–Trinajstić information content (AvgIpc) is 2.62. The van der Waals surface area contributed by atoms with E-state index in [4.69, 9.17) is 4.74 Å². The van der Waals surface area contributed by atoms with E-state index >= 15 is 0 Å². The number of nitrogens with zero attached hydrogens (tertiary/aromatic N) is 3. The zero-order valence-electron chi connectivity index (χ0n) is 14.3. The molecule has 0 amide bonds. The zero-order valence-corrected chi connectivity index (χ0v) is 14.3. The van der Waals surface area contributed by atoms with Gasteiger partial charge in [-0.05, 0) is 37.7 Å². The van der Waals surface area contributed by atoms with Crippen molar-refractivity contribution in [1.82, 2.24) is 15.1 Å². The van der Waals surface area contributed by atoms with Gasteiger partial charge in [-0.2, -0.15) is 0 Å². The lowest BCUT2D eigenvalue weighted by molar-refractivity contribution is 0.145. The van der Waals surface area contributed by atoms with Gasteiger partial charge in [0.2, 0.25) is 0 Å². The van der Waals surface area contributed by atoms with Gasteiger partial charge >= 0.3 is 0 Å². The van der Waals surface area contributed by atoms with E-state index in [2.05, 4.69) is 51.3 Å². The molecule has 0 spiro atoms. The van der Waals surface area contributed by atoms with E-state index in [1.165, 1.54) is 31.9 Å². The number of rotatable bonds is 6. The topological polar surface area (TPSA) is 31.0 Å². The van der Waals surface area contributed by atoms with E-state index in [1.54, 1.807) is 0 Å². The molecule has 3 rings (SSSR count). The number of anilines is 1. The van der Waals surface area contributed by atoms with Crippen LogP contribution in [0.15, 0.2) is 24.3 Å². The maximum Gasteiger partial charge on any atom is 0.119 e. The van der Waals surface area contributed by atoms with Crippen molar-refractivity contribution in [1.29, 1.82) is 0 Å². The molecule has 1 aromatic rings. The van der Waals surface area contributed by atoms with Gasteiger partial charge in [-0.1, -0.05) is 0 Å². The van der Waals surface area contributed by atoms with Crippen LogP contribution in [-0.2, 0) is 0 Å². The van der Waals surface area contributed by atoms with Gasteiger partial charge in [-0.25, -0.2) is 0 Å². The van der Waals surface area contributed by atoms with E-state index < -0.39 is 0 Å². The number of benzene rings is 1. The fraction of sp³-hybridized carbons (Fsp3) is 0.667. The van der Waals surface area contributed by atoms with Gasteiger partial charge in [-0.3, -0.25) is 0 Å². The highest BCUT2D eigenvalue weighted by molar-refractivity contribution is 5.49. The Labute approximate surface area is 140 Å². The quantitative estimate of drug-likeness (QED) is 0.794. The summed E-state index contributed by atoms with van der Waals surface area (Å²) < 4.78 is 5.89. The summed E-state index contributed by atoms with van der Waals surface area (Å²) in [6, 6.07) is 8.57. The first-order chi connectivity index (χ1) is 11.3. The largest absolute Gasteiger partial charge is 0.494 e. The molecule has 2 aliphatic heterocycles. The molecule has 5 heteroatoms. The minimum Gasteiger partial charge on any atom is -0.494 e. The van der Waals surface area contributed by atoms with E-state index in [0.29, 0.717) is 0 Å². The van der Waals surface area contributed by atoms with Crippen LogP contribution < -0.4 is 15.0 Å². The predicted octanol–water partition coefficient (Wildman–Crippen LogP) is 1.11. The molecular weight excluding hydrogens is 288 g/mol. The molecule has 0 saturated carbocycles. The second-order valence-corrected chi connectivity index (χ2v) is 6.58. The van der Waals surface area contributed by atoms with Gasteiger partial charge < -0.3 is 24.8 Å². The van der Waals surface area contributed by atoms with Crippen molar-refractivity contribution in [2.75, 3.05) is 77.5 Å². The first kappa shape index (κ1) is 16.6. The van der Waals surface area contributed by atoms with Crippen LogP contribution in [0.1, 0.15) is 6.42 Å². The van der Waals surface area contributed by atoms with E-state index in [1.807, 2.05) is 0 Å². The normalized spacial score (nSPS) is 20.7. The van der Waals surface area contributed by atoms with Crippen LogP contribution in [-0.4, -0.2) is 82.4 Å². The molecule has 2 fully saturated rings. The van der Waals surface area contributed by atoms with Crippen molar-refractivity contribution < 1.29 is 4.74 Å². The number of piperazine rings is 2. The zero-order chi connectivity index (χ0) is 15.9. The molecular formula is C18H30N4O. The maximum absolute atomic E-state index is 5.89. The third-order valence-electron chi connectivity index (χ3n) is 4.80. The smallest absolute Gasteiger partial charge is 0.119 e. The summed E-state index contributed by atoms with van der Waals surface area (Å²) in [6.07, 6.45) is 1.10. The lowest BCUT2D eigenvalue weighted by Crippen LogP contribution is -2.44. The van der Waals surface area contributed by atoms with Crippen LogP contribution in [0.2, 0.25) is 0 Å². The van der Waals surface area contributed by atoms with Crippen LogP contribution in [0.4, 0.5) is 5.69 Å². The third kappa shape index (κ3) is 5.09. The van der Waals surface area contributed by atoms with Crippen molar-refractivity contribution in [3.05, 3.63) is 24.3 Å². The Morgan fingerprint density at radius 3 is 2.35 bits per heavy atom. The van der Waals surface area contributed by atoms with E-state index in [9.17, 15) is 0 Å². The van der Waals surface area contributed by atoms with Crippen LogP contribution in [0.3, 0.4) is 0 Å². The van der Waals surface area contributed by atoms with Gasteiger partial charge in [0.05, 0.1) is 6.61 Å². The minimum atomic E-state index is 0.805. The number of ether oxygens (including phenoxy) is 1. The van der Waals surface area contributed by atoms with Crippen molar-refractivity contribution in [3.8, 4) is 5.75 Å². The fourth-order valence-corrected chi connectivity index (χ4v) is 3.23. The summed E-state index contributed by atoms with van der Waals surface area (Å²) in [6.45, 7) is 11.0. The van der Waals surface area contributed by atoms with Gasteiger partial charge in [0.1, 0.15) is 5.75 Å². The summed E-state index contributed by atoms with van der Waals surface area (Å²) in [4.78, 5) is 7.36. The van der Waals surface area contributed by atoms with Crippen LogP contribution in [0.25, 0.3) is 0 Å². The minimum absolute atomic E-state index is 0.805. The SMILES string of the molecule is CN1CCN(CCCOc2ccc(N3CCNCC3)cc2)CC1. The molecule has 1 aromatic carbocycles. The van der Waals surface area contributed by atoms with Gasteiger partial charge in [-0.15, -0.1) is 0 Å². The third-order valence-corrected chi connectivity index (χ3v) is 4.80.